The second-order valence-corrected chi connectivity index (χ2v) is 16.5. The Bertz CT molecular complexity index is 969. The van der Waals surface area contributed by atoms with Gasteiger partial charge >= 0.3 is 13.8 Å². The van der Waals surface area contributed by atoms with Crippen LogP contribution in [0.4, 0.5) is 0 Å². The van der Waals surface area contributed by atoms with Gasteiger partial charge in [-0.05, 0) is 98.2 Å². The van der Waals surface area contributed by atoms with Crippen molar-refractivity contribution in [2.45, 2.75) is 124 Å². The van der Waals surface area contributed by atoms with Crippen LogP contribution in [0.25, 0.3) is 0 Å². The summed E-state index contributed by atoms with van der Waals surface area (Å²) < 4.78 is 27.7. The Kier molecular flexibility index (Phi) is 10.8. The van der Waals surface area contributed by atoms with Crippen LogP contribution in [0.2, 0.25) is 0 Å². The van der Waals surface area contributed by atoms with Crippen molar-refractivity contribution >= 4 is 29.7 Å². The molecule has 6 nitrogen and oxygen atoms in total. The number of alkyl halides is 1. The average Bonchev–Trinajstić information content (AvgIpc) is 3.24. The molecule has 3 saturated carbocycles. The third-order valence-electron chi connectivity index (χ3n) is 11.5. The molecule has 4 aliphatic carbocycles. The molecule has 0 bridgehead atoms. The maximum atomic E-state index is 12.7. The van der Waals surface area contributed by atoms with Crippen LogP contribution in [0.3, 0.4) is 0 Å². The number of halogens is 1. The van der Waals surface area contributed by atoms with Gasteiger partial charge in [-0.2, -0.15) is 0 Å². The van der Waals surface area contributed by atoms with Crippen LogP contribution in [0.1, 0.15) is 112 Å². The highest BCUT2D eigenvalue weighted by Crippen LogP contribution is 2.67. The van der Waals surface area contributed by atoms with Crippen LogP contribution in [0.5, 0.6) is 0 Å². The van der Waals surface area contributed by atoms with E-state index in [4.69, 9.17) is 13.8 Å². The highest BCUT2D eigenvalue weighted by atomic mass is 79.9. The zero-order valence-electron chi connectivity index (χ0n) is 25.7. The van der Waals surface area contributed by atoms with Crippen molar-refractivity contribution in [3.63, 3.8) is 0 Å². The predicted molar refractivity (Wildman–Crippen MR) is 163 cm³/mol. The number of hydrogen-bond donors (Lipinski definition) is 1. The minimum Gasteiger partial charge on any atom is -0.460 e. The van der Waals surface area contributed by atoms with Crippen LogP contribution in [0, 0.1) is 46.3 Å². The van der Waals surface area contributed by atoms with Gasteiger partial charge in [0.2, 0.25) is 0 Å². The second-order valence-electron chi connectivity index (χ2n) is 14.3. The molecule has 0 radical (unpaired) electrons. The zero-order valence-corrected chi connectivity index (χ0v) is 28.2. The van der Waals surface area contributed by atoms with Gasteiger partial charge in [-0.15, -0.1) is 0 Å². The Morgan fingerprint density at radius 2 is 1.85 bits per heavy atom. The smallest absolute Gasteiger partial charge is 0.460 e. The van der Waals surface area contributed by atoms with E-state index in [1.165, 1.54) is 57.4 Å². The number of fused-ring (bicyclic) bond motifs is 5. The average molecular weight is 646 g/mol. The summed E-state index contributed by atoms with van der Waals surface area (Å²) in [5.41, 5.74) is 2.12. The van der Waals surface area contributed by atoms with Crippen molar-refractivity contribution in [1.29, 1.82) is 0 Å². The highest BCUT2D eigenvalue weighted by Gasteiger charge is 2.59. The first kappa shape index (κ1) is 32.7. The van der Waals surface area contributed by atoms with Crippen LogP contribution in [-0.2, 0) is 23.1 Å². The number of carbonyl (C=O) groups excluding carboxylic acids is 1. The van der Waals surface area contributed by atoms with Gasteiger partial charge in [-0.3, -0.25) is 9.05 Å². The maximum Gasteiger partial charge on any atom is 0.473 e. The van der Waals surface area contributed by atoms with Gasteiger partial charge in [0.15, 0.2) is 6.10 Å². The molecule has 0 spiro atoms. The summed E-state index contributed by atoms with van der Waals surface area (Å²) in [6, 6.07) is 0. The van der Waals surface area contributed by atoms with Crippen molar-refractivity contribution in [3.05, 3.63) is 11.6 Å². The Morgan fingerprint density at radius 3 is 2.55 bits per heavy atom. The van der Waals surface area contributed by atoms with Crippen LogP contribution in [0.15, 0.2) is 11.6 Å². The van der Waals surface area contributed by atoms with Gasteiger partial charge in [0, 0.05) is 11.8 Å². The first-order valence-electron chi connectivity index (χ1n) is 15.9. The minimum atomic E-state index is -4.30. The molecule has 0 aromatic heterocycles. The lowest BCUT2D eigenvalue weighted by Gasteiger charge is -2.58. The molecule has 8 heteroatoms. The topological polar surface area (TPSA) is 82.1 Å². The molecule has 0 aromatic rings. The van der Waals surface area contributed by atoms with Gasteiger partial charge in [0.05, 0.1) is 6.61 Å². The monoisotopic (exact) mass is 644 g/mol. The Morgan fingerprint density at radius 1 is 1.10 bits per heavy atom. The number of phosphoric ester groups is 1. The lowest BCUT2D eigenvalue weighted by atomic mass is 9.47. The molecule has 40 heavy (non-hydrogen) atoms. The lowest BCUT2D eigenvalue weighted by molar-refractivity contribution is -0.160. The van der Waals surface area contributed by atoms with E-state index in [0.29, 0.717) is 16.7 Å². The van der Waals surface area contributed by atoms with Gasteiger partial charge in [-0.1, -0.05) is 81.5 Å². The van der Waals surface area contributed by atoms with E-state index >= 15 is 0 Å². The first-order chi connectivity index (χ1) is 18.8. The molecular weight excluding hydrogens is 591 g/mol. The minimum absolute atomic E-state index is 0.0189. The summed E-state index contributed by atoms with van der Waals surface area (Å²) in [7, 11) is -4.30. The van der Waals surface area contributed by atoms with Crippen LogP contribution >= 0.6 is 23.8 Å². The van der Waals surface area contributed by atoms with E-state index < -0.39 is 19.9 Å². The van der Waals surface area contributed by atoms with Crippen molar-refractivity contribution in [2.24, 2.45) is 46.3 Å². The zero-order chi connectivity index (χ0) is 29.3. The van der Waals surface area contributed by atoms with Crippen LogP contribution < -0.4 is 0 Å². The Hall–Kier alpha value is -0.200. The van der Waals surface area contributed by atoms with Crippen molar-refractivity contribution in [2.75, 3.05) is 11.9 Å². The van der Waals surface area contributed by atoms with Gasteiger partial charge < -0.3 is 9.63 Å². The summed E-state index contributed by atoms with van der Waals surface area (Å²) in [6.07, 6.45) is 14.4. The van der Waals surface area contributed by atoms with Crippen molar-refractivity contribution in [3.8, 4) is 0 Å². The molecule has 0 saturated heterocycles. The largest absolute Gasteiger partial charge is 0.473 e. The molecule has 4 aliphatic rings. The van der Waals surface area contributed by atoms with Crippen LogP contribution in [-0.4, -0.2) is 35.0 Å². The maximum absolute atomic E-state index is 12.7. The molecule has 0 heterocycles. The van der Waals surface area contributed by atoms with Gasteiger partial charge in [-0.25, -0.2) is 9.36 Å². The molecule has 0 aromatic carbocycles. The summed E-state index contributed by atoms with van der Waals surface area (Å²) >= 11 is 3.14. The fourth-order valence-electron chi connectivity index (χ4n) is 9.44. The van der Waals surface area contributed by atoms with E-state index in [1.54, 1.807) is 0 Å². The quantitative estimate of drug-likeness (QED) is 0.0989. The molecule has 0 amide bonds. The normalized spacial score (nSPS) is 38.4. The molecule has 1 N–H and O–H groups in total. The summed E-state index contributed by atoms with van der Waals surface area (Å²) in [6.45, 7) is 13.8. The number of ether oxygens (including phenoxy) is 1. The number of esters is 1. The standard InChI is InChI=1S/C32H54BrO6P/c1-21(2)8-7-9-22(3)27-12-13-28-26-11-10-24-20-25(14-16-31(24,5)29(26)15-17-32(27,28)6)38-30(34)23(4)39-40(35,36)37-19-18-33/h10,21-23,25-29H,7-9,11-20H2,1-6H3,(H,35,36)/t22-,23+,25+,26+,27-,28+,29+,31+,32-/m1/s1. The second kappa shape index (κ2) is 13.2. The van der Waals surface area contributed by atoms with E-state index in [-0.39, 0.29) is 18.1 Å². The number of allylic oxidation sites excluding steroid dienone is 1. The number of carbonyl (C=O) groups is 1. The lowest BCUT2D eigenvalue weighted by Crippen LogP contribution is -2.51. The first-order valence-corrected chi connectivity index (χ1v) is 18.5. The molecule has 3 fully saturated rings. The van der Waals surface area contributed by atoms with Gasteiger partial charge in [0.1, 0.15) is 6.10 Å². The van der Waals surface area contributed by atoms with Gasteiger partial charge in [0.25, 0.3) is 0 Å². The molecule has 4 rings (SSSR count). The Balaban J connectivity index is 1.37. The molecule has 0 aliphatic heterocycles. The SMILES string of the molecule is CC(C)CCC[C@@H](C)[C@H]1CC[C@H]2[C@@H]3CC=C4C[C@@H](OC(=O)[C@H](C)OP(=O)(O)OCCBr)CC[C@]4(C)[C@H]3CC[C@]12C. The summed E-state index contributed by atoms with van der Waals surface area (Å²) in [5.74, 6) is 4.19. The van der Waals surface area contributed by atoms with E-state index in [0.717, 1.165) is 55.3 Å². The van der Waals surface area contributed by atoms with Crippen molar-refractivity contribution in [1.82, 2.24) is 0 Å². The van der Waals surface area contributed by atoms with E-state index in [9.17, 15) is 14.3 Å². The third-order valence-corrected chi connectivity index (χ3v) is 12.9. The fourth-order valence-corrected chi connectivity index (χ4v) is 10.7. The van der Waals surface area contributed by atoms with Crippen molar-refractivity contribution < 1.29 is 28.0 Å². The highest BCUT2D eigenvalue weighted by molar-refractivity contribution is 9.09. The summed E-state index contributed by atoms with van der Waals surface area (Å²) in [4.78, 5) is 22.5. The predicted octanol–water partition coefficient (Wildman–Crippen LogP) is 8.86. The number of hydrogen-bond acceptors (Lipinski definition) is 5. The van der Waals surface area contributed by atoms with E-state index in [2.05, 4.69) is 56.6 Å². The number of rotatable bonds is 12. The Labute approximate surface area is 251 Å². The van der Waals surface area contributed by atoms with E-state index in [1.807, 2.05) is 0 Å². The molecule has 1 unspecified atom stereocenters. The molecular formula is C32H54BrO6P. The fraction of sp³-hybridized carbons (Fsp3) is 0.906. The molecule has 230 valence electrons. The molecule has 10 atom stereocenters. The summed E-state index contributed by atoms with van der Waals surface area (Å²) in [5, 5.41) is 0.398. The number of phosphoric acid groups is 1. The third kappa shape index (κ3) is 6.95.